The van der Waals surface area contributed by atoms with Gasteiger partial charge in [-0.3, -0.25) is 4.79 Å². The fourth-order valence-electron chi connectivity index (χ4n) is 3.36. The molecule has 26 heavy (non-hydrogen) atoms. The molecule has 1 fully saturated rings. The number of aryl methyl sites for hydroxylation is 1. The molecule has 1 saturated heterocycles. The smallest absolute Gasteiger partial charge is 0.326 e. The van der Waals surface area contributed by atoms with Crippen LogP contribution in [-0.2, 0) is 16.0 Å². The first-order valence-corrected chi connectivity index (χ1v) is 10.1. The van der Waals surface area contributed by atoms with Crippen molar-refractivity contribution in [1.29, 1.82) is 0 Å². The van der Waals surface area contributed by atoms with Gasteiger partial charge in [0.05, 0.1) is 0 Å². The van der Waals surface area contributed by atoms with E-state index in [0.717, 1.165) is 37.2 Å². The number of hydrogen-bond acceptors (Lipinski definition) is 3. The number of benzene rings is 1. The Hall–Kier alpha value is -1.46. The number of carbonyl (C=O) groups is 2. The van der Waals surface area contributed by atoms with Crippen LogP contribution in [0.4, 0.5) is 5.69 Å². The maximum absolute atomic E-state index is 12.3. The predicted octanol–water partition coefficient (Wildman–Crippen LogP) is 3.37. The second-order valence-electron chi connectivity index (χ2n) is 6.47. The van der Waals surface area contributed by atoms with Crippen LogP contribution in [0.2, 0.25) is 0 Å². The van der Waals surface area contributed by atoms with Gasteiger partial charge < -0.3 is 14.9 Å². The topological polar surface area (TPSA) is 60.9 Å². The summed E-state index contributed by atoms with van der Waals surface area (Å²) in [5, 5.41) is 9.17. The highest BCUT2D eigenvalue weighted by atomic mass is 35.5. The van der Waals surface area contributed by atoms with Gasteiger partial charge in [0.2, 0.25) is 5.91 Å². The van der Waals surface area contributed by atoms with Crippen molar-refractivity contribution in [1.82, 2.24) is 4.90 Å². The van der Waals surface area contributed by atoms with Gasteiger partial charge in [0.1, 0.15) is 6.04 Å². The Morgan fingerprint density at radius 3 is 2.38 bits per heavy atom. The third-order valence-corrected chi connectivity index (χ3v) is 5.06. The number of carbonyl (C=O) groups excluding carboxylic acids is 1. The number of carboxylic acid groups (broad SMARTS) is 1. The molecule has 2 rings (SSSR count). The van der Waals surface area contributed by atoms with Gasteiger partial charge in [-0.05, 0) is 43.4 Å². The molecule has 0 spiro atoms. The van der Waals surface area contributed by atoms with Gasteiger partial charge in [0.25, 0.3) is 0 Å². The Kier molecular flexibility index (Phi) is 8.52. The number of amides is 1. The van der Waals surface area contributed by atoms with Crippen molar-refractivity contribution in [3.8, 4) is 0 Å². The van der Waals surface area contributed by atoms with E-state index in [1.165, 1.54) is 4.90 Å². The van der Waals surface area contributed by atoms with Crippen LogP contribution in [0.25, 0.3) is 0 Å². The summed E-state index contributed by atoms with van der Waals surface area (Å²) in [5.74, 6) is 0.148. The molecule has 1 aliphatic heterocycles. The minimum Gasteiger partial charge on any atom is -0.480 e. The number of rotatable bonds is 10. The Balaban J connectivity index is 1.82. The van der Waals surface area contributed by atoms with E-state index in [1.807, 2.05) is 0 Å². The van der Waals surface area contributed by atoms with E-state index in [-0.39, 0.29) is 5.91 Å². The van der Waals surface area contributed by atoms with Crippen molar-refractivity contribution in [3.05, 3.63) is 29.8 Å². The molecule has 1 aliphatic rings. The van der Waals surface area contributed by atoms with Crippen molar-refractivity contribution >= 4 is 40.8 Å². The molecule has 1 atom stereocenters. The monoisotopic (exact) mass is 400 g/mol. The second kappa shape index (κ2) is 10.6. The van der Waals surface area contributed by atoms with Gasteiger partial charge in [-0.15, -0.1) is 23.2 Å². The lowest BCUT2D eigenvalue weighted by Crippen LogP contribution is -2.40. The van der Waals surface area contributed by atoms with Crippen molar-refractivity contribution in [2.45, 2.75) is 38.1 Å². The average Bonchev–Trinajstić information content (AvgIpc) is 3.12. The van der Waals surface area contributed by atoms with Crippen LogP contribution in [-0.4, -0.2) is 59.3 Å². The molecular weight excluding hydrogens is 375 g/mol. The van der Waals surface area contributed by atoms with Crippen LogP contribution in [0.5, 0.6) is 0 Å². The Bertz CT molecular complexity index is 589. The molecule has 7 heteroatoms. The molecule has 1 aromatic carbocycles. The van der Waals surface area contributed by atoms with E-state index in [4.69, 9.17) is 28.3 Å². The number of likely N-dealkylation sites (tertiary alicyclic amines) is 1. The van der Waals surface area contributed by atoms with Crippen LogP contribution in [0.1, 0.15) is 31.2 Å². The fraction of sp³-hybridized carbons (Fsp3) is 0.579. The highest BCUT2D eigenvalue weighted by Gasteiger charge is 2.33. The molecule has 0 saturated carbocycles. The summed E-state index contributed by atoms with van der Waals surface area (Å²) in [6.45, 7) is 2.06. The summed E-state index contributed by atoms with van der Waals surface area (Å²) in [5.41, 5.74) is 2.25. The summed E-state index contributed by atoms with van der Waals surface area (Å²) < 4.78 is 0. The maximum atomic E-state index is 12.3. The molecule has 0 radical (unpaired) electrons. The summed E-state index contributed by atoms with van der Waals surface area (Å²) in [7, 11) is 0. The number of nitrogens with zero attached hydrogens (tertiary/aromatic N) is 2. The number of aliphatic carboxylic acids is 1. The van der Waals surface area contributed by atoms with E-state index in [0.29, 0.717) is 37.6 Å². The normalized spacial score (nSPS) is 16.7. The molecule has 144 valence electrons. The summed E-state index contributed by atoms with van der Waals surface area (Å²) in [6.07, 6.45) is 3.22. The van der Waals surface area contributed by atoms with E-state index < -0.39 is 12.0 Å². The number of halogens is 2. The Morgan fingerprint density at radius 1 is 1.15 bits per heavy atom. The first-order chi connectivity index (χ1) is 12.6. The average molecular weight is 401 g/mol. The quantitative estimate of drug-likeness (QED) is 0.611. The zero-order valence-electron chi connectivity index (χ0n) is 14.9. The summed E-state index contributed by atoms with van der Waals surface area (Å²) >= 11 is 11.7. The first-order valence-electron chi connectivity index (χ1n) is 9.05. The molecule has 1 amide bonds. The second-order valence-corrected chi connectivity index (χ2v) is 7.22. The molecular formula is C19H26Cl2N2O3. The molecule has 1 aromatic rings. The Labute approximate surface area is 164 Å². The lowest BCUT2D eigenvalue weighted by atomic mass is 10.1. The van der Waals surface area contributed by atoms with Gasteiger partial charge in [-0.2, -0.15) is 0 Å². The number of hydrogen-bond donors (Lipinski definition) is 1. The number of carboxylic acids is 1. The van der Waals surface area contributed by atoms with E-state index in [2.05, 4.69) is 29.2 Å². The van der Waals surface area contributed by atoms with Crippen LogP contribution >= 0.6 is 23.2 Å². The van der Waals surface area contributed by atoms with E-state index in [9.17, 15) is 9.59 Å². The minimum atomic E-state index is -0.898. The summed E-state index contributed by atoms with van der Waals surface area (Å²) in [4.78, 5) is 27.1. The van der Waals surface area contributed by atoms with Gasteiger partial charge in [-0.1, -0.05) is 12.1 Å². The first kappa shape index (κ1) is 20.8. The van der Waals surface area contributed by atoms with Crippen molar-refractivity contribution in [2.75, 3.05) is 36.3 Å². The maximum Gasteiger partial charge on any atom is 0.326 e. The van der Waals surface area contributed by atoms with E-state index in [1.54, 1.807) is 0 Å². The van der Waals surface area contributed by atoms with Gasteiger partial charge in [0, 0.05) is 43.5 Å². The van der Waals surface area contributed by atoms with Crippen LogP contribution in [0, 0.1) is 0 Å². The fourth-order valence-corrected chi connectivity index (χ4v) is 3.76. The zero-order valence-corrected chi connectivity index (χ0v) is 16.4. The van der Waals surface area contributed by atoms with Gasteiger partial charge >= 0.3 is 5.97 Å². The highest BCUT2D eigenvalue weighted by molar-refractivity contribution is 6.18. The zero-order chi connectivity index (χ0) is 18.9. The van der Waals surface area contributed by atoms with Crippen molar-refractivity contribution in [2.24, 2.45) is 0 Å². The third-order valence-electron chi connectivity index (χ3n) is 4.72. The van der Waals surface area contributed by atoms with Crippen LogP contribution in [0.3, 0.4) is 0 Å². The van der Waals surface area contributed by atoms with Crippen LogP contribution in [0.15, 0.2) is 24.3 Å². The molecule has 0 unspecified atom stereocenters. The van der Waals surface area contributed by atoms with Gasteiger partial charge in [0.15, 0.2) is 0 Å². The third kappa shape index (κ3) is 5.78. The highest BCUT2D eigenvalue weighted by Crippen LogP contribution is 2.20. The number of alkyl halides is 2. The minimum absolute atomic E-state index is 0.0538. The Morgan fingerprint density at radius 2 is 1.81 bits per heavy atom. The van der Waals surface area contributed by atoms with Crippen LogP contribution < -0.4 is 4.90 Å². The molecule has 0 aliphatic carbocycles. The summed E-state index contributed by atoms with van der Waals surface area (Å²) in [6, 6.07) is 7.58. The van der Waals surface area contributed by atoms with Gasteiger partial charge in [-0.25, -0.2) is 4.79 Å². The lowest BCUT2D eigenvalue weighted by molar-refractivity contribution is -0.148. The standard InChI is InChI=1S/C19H26Cl2N2O3/c20-10-13-22(14-11-21)16-8-6-15(7-9-16)3-1-5-18(24)23-12-2-4-17(23)19(25)26/h6-9,17H,1-5,10-14H2,(H,25,26)/t17-/m0/s1. The largest absolute Gasteiger partial charge is 0.480 e. The molecule has 1 heterocycles. The molecule has 0 bridgehead atoms. The molecule has 0 aromatic heterocycles. The lowest BCUT2D eigenvalue weighted by Gasteiger charge is -2.23. The van der Waals surface area contributed by atoms with Crippen molar-refractivity contribution < 1.29 is 14.7 Å². The van der Waals surface area contributed by atoms with E-state index >= 15 is 0 Å². The predicted molar refractivity (Wildman–Crippen MR) is 105 cm³/mol. The number of anilines is 1. The molecule has 5 nitrogen and oxygen atoms in total. The van der Waals surface area contributed by atoms with Crippen molar-refractivity contribution in [3.63, 3.8) is 0 Å². The molecule has 1 N–H and O–H groups in total. The SMILES string of the molecule is O=C(O)[C@@H]1CCCN1C(=O)CCCc1ccc(N(CCCl)CCCl)cc1.